The van der Waals surface area contributed by atoms with E-state index in [9.17, 15) is 18.0 Å². The molecule has 0 aromatic heterocycles. The molecule has 0 amide bonds. The van der Waals surface area contributed by atoms with E-state index in [1.165, 1.54) is 7.11 Å². The SMILES string of the molecule is COc1ccc(C(F)(F)F)c(Cl)c1C(C)=O. The highest BCUT2D eigenvalue weighted by atomic mass is 35.5. The Labute approximate surface area is 95.0 Å². The molecule has 2 nitrogen and oxygen atoms in total. The summed E-state index contributed by atoms with van der Waals surface area (Å²) in [6.07, 6.45) is -4.59. The summed E-state index contributed by atoms with van der Waals surface area (Å²) >= 11 is 5.55. The van der Waals surface area contributed by atoms with Crippen molar-refractivity contribution in [3.05, 3.63) is 28.3 Å². The van der Waals surface area contributed by atoms with Gasteiger partial charge in [0.2, 0.25) is 0 Å². The average molecular weight is 253 g/mol. The number of carbonyl (C=O) groups excluding carboxylic acids is 1. The van der Waals surface area contributed by atoms with Gasteiger partial charge in [-0.15, -0.1) is 0 Å². The van der Waals surface area contributed by atoms with E-state index in [0.29, 0.717) is 0 Å². The highest BCUT2D eigenvalue weighted by Crippen LogP contribution is 2.39. The lowest BCUT2D eigenvalue weighted by atomic mass is 10.1. The molecule has 0 spiro atoms. The smallest absolute Gasteiger partial charge is 0.417 e. The molecule has 0 radical (unpaired) electrons. The van der Waals surface area contributed by atoms with Crippen LogP contribution < -0.4 is 4.74 Å². The van der Waals surface area contributed by atoms with Gasteiger partial charge >= 0.3 is 6.18 Å². The molecule has 0 fully saturated rings. The van der Waals surface area contributed by atoms with Crippen molar-refractivity contribution in [1.29, 1.82) is 0 Å². The summed E-state index contributed by atoms with van der Waals surface area (Å²) in [5, 5.41) is -0.626. The Hall–Kier alpha value is -1.23. The molecule has 0 bridgehead atoms. The van der Waals surface area contributed by atoms with Crippen molar-refractivity contribution in [3.8, 4) is 5.75 Å². The molecule has 0 N–H and O–H groups in total. The first-order chi connectivity index (χ1) is 7.29. The number of benzene rings is 1. The maximum atomic E-state index is 12.5. The third-order valence-electron chi connectivity index (χ3n) is 1.98. The normalized spacial score (nSPS) is 11.4. The van der Waals surface area contributed by atoms with Crippen LogP contribution in [0.15, 0.2) is 12.1 Å². The molecule has 0 aliphatic heterocycles. The summed E-state index contributed by atoms with van der Waals surface area (Å²) in [6.45, 7) is 1.13. The zero-order chi connectivity index (χ0) is 12.5. The van der Waals surface area contributed by atoms with Crippen molar-refractivity contribution in [3.63, 3.8) is 0 Å². The quantitative estimate of drug-likeness (QED) is 0.752. The summed E-state index contributed by atoms with van der Waals surface area (Å²) in [4.78, 5) is 11.2. The molecule has 1 rings (SSSR count). The highest BCUT2D eigenvalue weighted by Gasteiger charge is 2.35. The van der Waals surface area contributed by atoms with E-state index in [0.717, 1.165) is 19.1 Å². The van der Waals surface area contributed by atoms with Gasteiger partial charge in [-0.25, -0.2) is 0 Å². The highest BCUT2D eigenvalue weighted by molar-refractivity contribution is 6.35. The zero-order valence-corrected chi connectivity index (χ0v) is 9.24. The van der Waals surface area contributed by atoms with Crippen LogP contribution in [0, 0.1) is 0 Å². The molecule has 0 saturated carbocycles. The number of rotatable bonds is 2. The first-order valence-corrected chi connectivity index (χ1v) is 4.61. The molecule has 0 heterocycles. The Morgan fingerprint density at radius 3 is 2.31 bits per heavy atom. The van der Waals surface area contributed by atoms with Crippen LogP contribution >= 0.6 is 11.6 Å². The predicted octanol–water partition coefficient (Wildman–Crippen LogP) is 3.57. The van der Waals surface area contributed by atoms with Crippen LogP contribution in [0.1, 0.15) is 22.8 Å². The standard InChI is InChI=1S/C10H8ClF3O2/c1-5(15)8-7(16-2)4-3-6(9(8)11)10(12,13)14/h3-4H,1-2H3. The zero-order valence-electron chi connectivity index (χ0n) is 8.48. The third kappa shape index (κ3) is 2.29. The Kier molecular flexibility index (Phi) is 3.48. The number of alkyl halides is 3. The molecular weight excluding hydrogens is 245 g/mol. The fourth-order valence-electron chi connectivity index (χ4n) is 1.28. The minimum Gasteiger partial charge on any atom is -0.496 e. The fraction of sp³-hybridized carbons (Fsp3) is 0.300. The Balaban J connectivity index is 3.50. The van der Waals surface area contributed by atoms with E-state index in [1.54, 1.807) is 0 Å². The number of Topliss-reactive ketones (excluding diaryl/α,β-unsaturated/α-hetero) is 1. The van der Waals surface area contributed by atoms with Crippen LogP contribution in [0.25, 0.3) is 0 Å². The lowest BCUT2D eigenvalue weighted by Gasteiger charge is -2.13. The summed E-state index contributed by atoms with van der Waals surface area (Å²) in [7, 11) is 1.26. The molecular formula is C10H8ClF3O2. The summed E-state index contributed by atoms with van der Waals surface area (Å²) in [5.41, 5.74) is -1.29. The van der Waals surface area contributed by atoms with Gasteiger partial charge in [-0.2, -0.15) is 13.2 Å². The molecule has 0 aliphatic rings. The minimum atomic E-state index is -4.59. The van der Waals surface area contributed by atoms with Crippen LogP contribution in [-0.2, 0) is 6.18 Å². The molecule has 0 saturated heterocycles. The number of halogens is 4. The predicted molar refractivity (Wildman–Crippen MR) is 53.0 cm³/mol. The molecule has 6 heteroatoms. The van der Waals surface area contributed by atoms with Gasteiger partial charge in [0.15, 0.2) is 5.78 Å². The lowest BCUT2D eigenvalue weighted by molar-refractivity contribution is -0.137. The van der Waals surface area contributed by atoms with Gasteiger partial charge in [0.1, 0.15) is 5.75 Å². The van der Waals surface area contributed by atoms with Crippen LogP contribution in [0.3, 0.4) is 0 Å². The maximum absolute atomic E-state index is 12.5. The van der Waals surface area contributed by atoms with E-state index >= 15 is 0 Å². The summed E-state index contributed by atoms with van der Waals surface area (Å²) in [5.74, 6) is -0.543. The number of hydrogen-bond acceptors (Lipinski definition) is 2. The van der Waals surface area contributed by atoms with E-state index in [-0.39, 0.29) is 11.3 Å². The van der Waals surface area contributed by atoms with E-state index in [4.69, 9.17) is 16.3 Å². The minimum absolute atomic E-state index is 0.0329. The van der Waals surface area contributed by atoms with Crippen molar-refractivity contribution in [2.24, 2.45) is 0 Å². The topological polar surface area (TPSA) is 26.3 Å². The molecule has 0 unspecified atom stereocenters. The molecule has 88 valence electrons. The van der Waals surface area contributed by atoms with Crippen molar-refractivity contribution in [2.75, 3.05) is 7.11 Å². The number of carbonyl (C=O) groups is 1. The van der Waals surface area contributed by atoms with Gasteiger partial charge in [-0.3, -0.25) is 4.79 Å². The average Bonchev–Trinajstić information content (AvgIpc) is 2.14. The number of ether oxygens (including phenoxy) is 1. The van der Waals surface area contributed by atoms with Gasteiger partial charge in [-0.05, 0) is 19.1 Å². The number of ketones is 1. The number of methoxy groups -OCH3 is 1. The van der Waals surface area contributed by atoms with E-state index in [2.05, 4.69) is 0 Å². The van der Waals surface area contributed by atoms with Crippen molar-refractivity contribution >= 4 is 17.4 Å². The van der Waals surface area contributed by atoms with Crippen molar-refractivity contribution < 1.29 is 22.7 Å². The Morgan fingerprint density at radius 2 is 1.94 bits per heavy atom. The second-order valence-corrected chi connectivity index (χ2v) is 3.44. The Bertz CT molecular complexity index is 427. The van der Waals surface area contributed by atoms with Crippen LogP contribution in [-0.4, -0.2) is 12.9 Å². The van der Waals surface area contributed by atoms with Crippen LogP contribution in [0.2, 0.25) is 5.02 Å². The van der Waals surface area contributed by atoms with Gasteiger partial charge in [0, 0.05) is 0 Å². The maximum Gasteiger partial charge on any atom is 0.417 e. The van der Waals surface area contributed by atoms with E-state index in [1.807, 2.05) is 0 Å². The fourth-order valence-corrected chi connectivity index (χ4v) is 1.67. The molecule has 0 aliphatic carbocycles. The first kappa shape index (κ1) is 12.8. The Morgan fingerprint density at radius 1 is 1.38 bits per heavy atom. The van der Waals surface area contributed by atoms with Crippen molar-refractivity contribution in [1.82, 2.24) is 0 Å². The molecule has 0 atom stereocenters. The van der Waals surface area contributed by atoms with Gasteiger partial charge in [0.05, 0.1) is 23.3 Å². The molecule has 1 aromatic rings. The molecule has 1 aromatic carbocycles. The number of hydrogen-bond donors (Lipinski definition) is 0. The summed E-state index contributed by atoms with van der Waals surface area (Å²) < 4.78 is 42.3. The second kappa shape index (κ2) is 4.33. The molecule has 16 heavy (non-hydrogen) atoms. The summed E-state index contributed by atoms with van der Waals surface area (Å²) in [6, 6.07) is 1.86. The lowest BCUT2D eigenvalue weighted by Crippen LogP contribution is -2.09. The van der Waals surface area contributed by atoms with Gasteiger partial charge in [-0.1, -0.05) is 11.6 Å². The van der Waals surface area contributed by atoms with Crippen LogP contribution in [0.5, 0.6) is 5.75 Å². The van der Waals surface area contributed by atoms with Gasteiger partial charge < -0.3 is 4.74 Å². The largest absolute Gasteiger partial charge is 0.496 e. The first-order valence-electron chi connectivity index (χ1n) is 4.23. The van der Waals surface area contributed by atoms with E-state index < -0.39 is 22.5 Å². The van der Waals surface area contributed by atoms with Crippen LogP contribution in [0.4, 0.5) is 13.2 Å². The third-order valence-corrected chi connectivity index (χ3v) is 2.37. The van der Waals surface area contributed by atoms with Gasteiger partial charge in [0.25, 0.3) is 0 Å². The van der Waals surface area contributed by atoms with Crippen molar-refractivity contribution in [2.45, 2.75) is 13.1 Å². The second-order valence-electron chi connectivity index (χ2n) is 3.06. The monoisotopic (exact) mass is 252 g/mol.